The first-order valence-electron chi connectivity index (χ1n) is 6.24. The summed E-state index contributed by atoms with van der Waals surface area (Å²) in [6, 6.07) is 6.60. The lowest BCUT2D eigenvalue weighted by atomic mass is 9.75. The van der Waals surface area contributed by atoms with Crippen molar-refractivity contribution in [3.63, 3.8) is 0 Å². The van der Waals surface area contributed by atoms with Crippen LogP contribution in [-0.2, 0) is 11.2 Å². The van der Waals surface area contributed by atoms with Gasteiger partial charge in [0.1, 0.15) is 5.75 Å². The smallest absolute Gasteiger partial charge is 0.220 e. The van der Waals surface area contributed by atoms with Gasteiger partial charge in [-0.05, 0) is 36.5 Å². The van der Waals surface area contributed by atoms with Gasteiger partial charge in [0.2, 0.25) is 5.91 Å². The Morgan fingerprint density at radius 1 is 1.29 bits per heavy atom. The van der Waals surface area contributed by atoms with E-state index in [0.29, 0.717) is 18.4 Å². The quantitative estimate of drug-likeness (QED) is 0.803. The average molecular weight is 231 g/mol. The molecule has 0 unspecified atom stereocenters. The third-order valence-electron chi connectivity index (χ3n) is 4.01. The molecule has 3 heteroatoms. The minimum Gasteiger partial charge on any atom is -0.496 e. The molecule has 1 aliphatic heterocycles. The Labute approximate surface area is 101 Å². The van der Waals surface area contributed by atoms with E-state index < -0.39 is 0 Å². The van der Waals surface area contributed by atoms with Crippen molar-refractivity contribution in [3.8, 4) is 5.75 Å². The van der Waals surface area contributed by atoms with Crippen LogP contribution in [0.25, 0.3) is 0 Å². The van der Waals surface area contributed by atoms with Gasteiger partial charge in [-0.1, -0.05) is 12.1 Å². The van der Waals surface area contributed by atoms with Gasteiger partial charge in [-0.2, -0.15) is 0 Å². The molecule has 90 valence electrons. The standard InChI is InChI=1S/C14H17NO2/c1-17-13-4-2-3-9-10-6-8-14(16)15-12(10)7-5-11(9)13/h2-4,10,12H,5-8H2,1H3,(H,15,16)/t10-,12-/m0/s1. The summed E-state index contributed by atoms with van der Waals surface area (Å²) in [6.45, 7) is 0. The second-order valence-corrected chi connectivity index (χ2v) is 4.89. The van der Waals surface area contributed by atoms with Gasteiger partial charge < -0.3 is 10.1 Å². The van der Waals surface area contributed by atoms with Gasteiger partial charge in [-0.15, -0.1) is 0 Å². The molecule has 1 amide bonds. The molecule has 1 heterocycles. The molecular weight excluding hydrogens is 214 g/mol. The number of piperidine rings is 1. The van der Waals surface area contributed by atoms with E-state index >= 15 is 0 Å². The van der Waals surface area contributed by atoms with E-state index in [0.717, 1.165) is 25.0 Å². The first kappa shape index (κ1) is 10.6. The molecule has 1 N–H and O–H groups in total. The summed E-state index contributed by atoms with van der Waals surface area (Å²) in [7, 11) is 1.73. The van der Waals surface area contributed by atoms with E-state index in [4.69, 9.17) is 4.74 Å². The number of rotatable bonds is 1. The van der Waals surface area contributed by atoms with Crippen LogP contribution in [0.15, 0.2) is 18.2 Å². The lowest BCUT2D eigenvalue weighted by molar-refractivity contribution is -0.123. The van der Waals surface area contributed by atoms with Crippen molar-refractivity contribution in [3.05, 3.63) is 29.3 Å². The topological polar surface area (TPSA) is 38.3 Å². The zero-order chi connectivity index (χ0) is 11.8. The molecule has 0 saturated carbocycles. The number of carbonyl (C=O) groups is 1. The number of carbonyl (C=O) groups excluding carboxylic acids is 1. The average Bonchev–Trinajstić information content (AvgIpc) is 2.37. The second-order valence-electron chi connectivity index (χ2n) is 4.89. The minimum atomic E-state index is 0.206. The summed E-state index contributed by atoms with van der Waals surface area (Å²) in [5.74, 6) is 1.68. The molecule has 1 aliphatic carbocycles. The molecule has 0 spiro atoms. The van der Waals surface area contributed by atoms with Crippen LogP contribution in [0.2, 0.25) is 0 Å². The maximum absolute atomic E-state index is 11.4. The van der Waals surface area contributed by atoms with Crippen LogP contribution >= 0.6 is 0 Å². The van der Waals surface area contributed by atoms with E-state index in [1.165, 1.54) is 11.1 Å². The molecule has 0 bridgehead atoms. The maximum atomic E-state index is 11.4. The minimum absolute atomic E-state index is 0.206. The van der Waals surface area contributed by atoms with Crippen LogP contribution in [0.5, 0.6) is 5.75 Å². The van der Waals surface area contributed by atoms with Crippen LogP contribution in [0.4, 0.5) is 0 Å². The lowest BCUT2D eigenvalue weighted by Gasteiger charge is -2.37. The van der Waals surface area contributed by atoms with Crippen molar-refractivity contribution in [1.82, 2.24) is 5.32 Å². The molecular formula is C14H17NO2. The van der Waals surface area contributed by atoms with Gasteiger partial charge in [0, 0.05) is 18.4 Å². The summed E-state index contributed by atoms with van der Waals surface area (Å²) >= 11 is 0. The Morgan fingerprint density at radius 2 is 2.18 bits per heavy atom. The van der Waals surface area contributed by atoms with Crippen molar-refractivity contribution in [2.24, 2.45) is 0 Å². The highest BCUT2D eigenvalue weighted by molar-refractivity contribution is 5.77. The van der Waals surface area contributed by atoms with E-state index in [2.05, 4.69) is 17.4 Å². The molecule has 0 aromatic heterocycles. The van der Waals surface area contributed by atoms with Crippen LogP contribution in [0, 0.1) is 0 Å². The first-order valence-corrected chi connectivity index (χ1v) is 6.24. The van der Waals surface area contributed by atoms with Crippen molar-refractivity contribution >= 4 is 5.91 Å². The summed E-state index contributed by atoms with van der Waals surface area (Å²) in [5, 5.41) is 3.12. The van der Waals surface area contributed by atoms with Gasteiger partial charge in [0.05, 0.1) is 7.11 Å². The van der Waals surface area contributed by atoms with Crippen LogP contribution < -0.4 is 10.1 Å². The van der Waals surface area contributed by atoms with Gasteiger partial charge in [0.15, 0.2) is 0 Å². The molecule has 2 aliphatic rings. The predicted molar refractivity (Wildman–Crippen MR) is 65.2 cm³/mol. The van der Waals surface area contributed by atoms with Crippen LogP contribution in [0.1, 0.15) is 36.3 Å². The Morgan fingerprint density at radius 3 is 3.00 bits per heavy atom. The van der Waals surface area contributed by atoms with Crippen molar-refractivity contribution < 1.29 is 9.53 Å². The second kappa shape index (κ2) is 4.06. The number of ether oxygens (including phenoxy) is 1. The summed E-state index contributed by atoms with van der Waals surface area (Å²) in [5.41, 5.74) is 2.72. The maximum Gasteiger partial charge on any atom is 0.220 e. The molecule has 1 aromatic rings. The first-order chi connectivity index (χ1) is 8.29. The van der Waals surface area contributed by atoms with E-state index in [9.17, 15) is 4.79 Å². The zero-order valence-electron chi connectivity index (χ0n) is 10.0. The van der Waals surface area contributed by atoms with Crippen molar-refractivity contribution in [2.45, 2.75) is 37.6 Å². The molecule has 1 fully saturated rings. The van der Waals surface area contributed by atoms with E-state index in [1.54, 1.807) is 7.11 Å². The highest BCUT2D eigenvalue weighted by Crippen LogP contribution is 2.40. The van der Waals surface area contributed by atoms with Gasteiger partial charge >= 0.3 is 0 Å². The third-order valence-corrected chi connectivity index (χ3v) is 4.01. The molecule has 3 nitrogen and oxygen atoms in total. The van der Waals surface area contributed by atoms with Gasteiger partial charge in [0.25, 0.3) is 0 Å². The van der Waals surface area contributed by atoms with Gasteiger partial charge in [-0.3, -0.25) is 4.79 Å². The summed E-state index contributed by atoms with van der Waals surface area (Å²) < 4.78 is 5.43. The lowest BCUT2D eigenvalue weighted by Crippen LogP contribution is -2.45. The normalized spacial score (nSPS) is 26.8. The number of hydrogen-bond donors (Lipinski definition) is 1. The van der Waals surface area contributed by atoms with Crippen LogP contribution in [0.3, 0.4) is 0 Å². The monoisotopic (exact) mass is 231 g/mol. The zero-order valence-corrected chi connectivity index (χ0v) is 10.0. The Bertz CT molecular complexity index is 456. The van der Waals surface area contributed by atoms with Crippen LogP contribution in [-0.4, -0.2) is 19.1 Å². The fourth-order valence-corrected chi connectivity index (χ4v) is 3.20. The summed E-state index contributed by atoms with van der Waals surface area (Å²) in [4.78, 5) is 11.4. The Kier molecular flexibility index (Phi) is 2.54. The molecule has 1 aromatic carbocycles. The molecule has 17 heavy (non-hydrogen) atoms. The molecule has 3 rings (SSSR count). The number of nitrogens with one attached hydrogen (secondary N) is 1. The highest BCUT2D eigenvalue weighted by atomic mass is 16.5. The number of amides is 1. The number of benzene rings is 1. The van der Waals surface area contributed by atoms with E-state index in [-0.39, 0.29) is 5.91 Å². The number of methoxy groups -OCH3 is 1. The Hall–Kier alpha value is -1.51. The SMILES string of the molecule is COc1cccc2c1CC[C@@H]1NC(=O)CC[C@@H]21. The van der Waals surface area contributed by atoms with Crippen molar-refractivity contribution in [2.75, 3.05) is 7.11 Å². The fourth-order valence-electron chi connectivity index (χ4n) is 3.20. The predicted octanol–water partition coefficient (Wildman–Crippen LogP) is 2.00. The van der Waals surface area contributed by atoms with Crippen molar-refractivity contribution in [1.29, 1.82) is 0 Å². The molecule has 1 saturated heterocycles. The third kappa shape index (κ3) is 1.70. The number of hydrogen-bond acceptors (Lipinski definition) is 2. The highest BCUT2D eigenvalue weighted by Gasteiger charge is 2.34. The number of fused-ring (bicyclic) bond motifs is 3. The molecule has 0 radical (unpaired) electrons. The van der Waals surface area contributed by atoms with Gasteiger partial charge in [-0.25, -0.2) is 0 Å². The fraction of sp³-hybridized carbons (Fsp3) is 0.500. The summed E-state index contributed by atoms with van der Waals surface area (Å²) in [6.07, 6.45) is 3.65. The Balaban J connectivity index is 1.99. The van der Waals surface area contributed by atoms with E-state index in [1.807, 2.05) is 6.07 Å². The molecule has 2 atom stereocenters. The largest absolute Gasteiger partial charge is 0.496 e.